The molecular formula is C21H20ClN3O3. The van der Waals surface area contributed by atoms with Crippen molar-refractivity contribution in [3.05, 3.63) is 88.8 Å². The van der Waals surface area contributed by atoms with E-state index >= 15 is 0 Å². The van der Waals surface area contributed by atoms with Crippen molar-refractivity contribution in [3.63, 3.8) is 0 Å². The number of benzene rings is 2. The standard InChI is InChI=1S/C21H20ClN3O3/c1-14(16-4-2-5-17(22)12-16)24-21(27)23-13-15-7-9-18(10-8-15)25-20(26)19-6-3-11-28-19/h2-12,14H,13H2,1H3,(H,25,26)(H2,23,24,27)/t14-/m0/s1. The molecule has 3 amide bonds. The van der Waals surface area contributed by atoms with Crippen molar-refractivity contribution in [3.8, 4) is 0 Å². The first-order chi connectivity index (χ1) is 13.5. The highest BCUT2D eigenvalue weighted by molar-refractivity contribution is 6.30. The van der Waals surface area contributed by atoms with Crippen molar-refractivity contribution in [2.45, 2.75) is 19.5 Å². The topological polar surface area (TPSA) is 83.4 Å². The third-order valence-corrected chi connectivity index (χ3v) is 4.34. The summed E-state index contributed by atoms with van der Waals surface area (Å²) in [5.41, 5.74) is 2.48. The predicted octanol–water partition coefficient (Wildman–Crippen LogP) is 4.75. The largest absolute Gasteiger partial charge is 0.459 e. The summed E-state index contributed by atoms with van der Waals surface area (Å²) >= 11 is 5.98. The van der Waals surface area contributed by atoms with Gasteiger partial charge in [-0.2, -0.15) is 0 Å². The van der Waals surface area contributed by atoms with Gasteiger partial charge in [0.05, 0.1) is 12.3 Å². The summed E-state index contributed by atoms with van der Waals surface area (Å²) in [7, 11) is 0. The molecule has 3 rings (SSSR count). The molecule has 6 nitrogen and oxygen atoms in total. The van der Waals surface area contributed by atoms with Gasteiger partial charge in [0.1, 0.15) is 0 Å². The molecule has 144 valence electrons. The normalized spacial score (nSPS) is 11.5. The molecule has 0 aliphatic carbocycles. The van der Waals surface area contributed by atoms with Gasteiger partial charge in [-0.15, -0.1) is 0 Å². The Morgan fingerprint density at radius 3 is 2.54 bits per heavy atom. The van der Waals surface area contributed by atoms with E-state index in [4.69, 9.17) is 16.0 Å². The fourth-order valence-electron chi connectivity index (χ4n) is 2.60. The van der Waals surface area contributed by atoms with Crippen LogP contribution in [0.25, 0.3) is 0 Å². The van der Waals surface area contributed by atoms with Gasteiger partial charge in [0.2, 0.25) is 0 Å². The molecule has 0 saturated heterocycles. The molecule has 0 aliphatic rings. The molecule has 3 aromatic rings. The van der Waals surface area contributed by atoms with Crippen molar-refractivity contribution in [2.24, 2.45) is 0 Å². The van der Waals surface area contributed by atoms with Crippen LogP contribution in [0.2, 0.25) is 5.02 Å². The second-order valence-electron chi connectivity index (χ2n) is 6.23. The van der Waals surface area contributed by atoms with Crippen molar-refractivity contribution in [2.75, 3.05) is 5.32 Å². The SMILES string of the molecule is C[C@H](NC(=O)NCc1ccc(NC(=O)c2ccco2)cc1)c1cccc(Cl)c1. The fraction of sp³-hybridized carbons (Fsp3) is 0.143. The molecule has 0 spiro atoms. The number of hydrogen-bond acceptors (Lipinski definition) is 3. The van der Waals surface area contributed by atoms with Crippen LogP contribution < -0.4 is 16.0 Å². The first kappa shape index (κ1) is 19.5. The molecule has 2 aromatic carbocycles. The number of carbonyl (C=O) groups is 2. The zero-order valence-electron chi connectivity index (χ0n) is 15.2. The first-order valence-electron chi connectivity index (χ1n) is 8.75. The van der Waals surface area contributed by atoms with Gasteiger partial charge >= 0.3 is 6.03 Å². The molecule has 1 heterocycles. The molecule has 0 saturated carbocycles. The van der Waals surface area contributed by atoms with E-state index in [1.54, 1.807) is 30.3 Å². The Bertz CT molecular complexity index is 940. The van der Waals surface area contributed by atoms with Gasteiger partial charge < -0.3 is 20.4 Å². The maximum absolute atomic E-state index is 12.1. The van der Waals surface area contributed by atoms with Crippen LogP contribution in [0.3, 0.4) is 0 Å². The number of halogens is 1. The average Bonchev–Trinajstić information content (AvgIpc) is 3.22. The number of furan rings is 1. The van der Waals surface area contributed by atoms with Crippen molar-refractivity contribution >= 4 is 29.2 Å². The van der Waals surface area contributed by atoms with Gasteiger partial charge in [0.15, 0.2) is 5.76 Å². The maximum Gasteiger partial charge on any atom is 0.315 e. The van der Waals surface area contributed by atoms with Gasteiger partial charge in [-0.25, -0.2) is 4.79 Å². The number of nitrogens with one attached hydrogen (secondary N) is 3. The quantitative estimate of drug-likeness (QED) is 0.561. The summed E-state index contributed by atoms with van der Waals surface area (Å²) in [6.45, 7) is 2.25. The molecule has 1 aromatic heterocycles. The van der Waals surface area contributed by atoms with Crippen LogP contribution in [0.5, 0.6) is 0 Å². The minimum Gasteiger partial charge on any atom is -0.459 e. The zero-order valence-corrected chi connectivity index (χ0v) is 16.0. The fourth-order valence-corrected chi connectivity index (χ4v) is 2.79. The van der Waals surface area contributed by atoms with Gasteiger partial charge in [0, 0.05) is 17.3 Å². The van der Waals surface area contributed by atoms with Gasteiger partial charge in [-0.05, 0) is 54.4 Å². The number of rotatable bonds is 6. The van der Waals surface area contributed by atoms with E-state index in [1.807, 2.05) is 37.3 Å². The van der Waals surface area contributed by atoms with Gasteiger partial charge in [-0.3, -0.25) is 4.79 Å². The Labute approximate surface area is 167 Å². The molecule has 0 bridgehead atoms. The molecule has 3 N–H and O–H groups in total. The highest BCUT2D eigenvalue weighted by atomic mass is 35.5. The van der Waals surface area contributed by atoms with E-state index in [0.717, 1.165) is 11.1 Å². The second kappa shape index (κ2) is 9.10. The van der Waals surface area contributed by atoms with Crippen LogP contribution >= 0.6 is 11.6 Å². The van der Waals surface area contributed by atoms with Crippen LogP contribution in [-0.2, 0) is 6.54 Å². The Kier molecular flexibility index (Phi) is 6.34. The lowest BCUT2D eigenvalue weighted by atomic mass is 10.1. The summed E-state index contributed by atoms with van der Waals surface area (Å²) < 4.78 is 5.05. The second-order valence-corrected chi connectivity index (χ2v) is 6.67. The molecule has 0 fully saturated rings. The van der Waals surface area contributed by atoms with Crippen molar-refractivity contribution < 1.29 is 14.0 Å². The molecule has 0 aliphatic heterocycles. The molecule has 7 heteroatoms. The number of anilines is 1. The molecular weight excluding hydrogens is 378 g/mol. The monoisotopic (exact) mass is 397 g/mol. The lowest BCUT2D eigenvalue weighted by Crippen LogP contribution is -2.36. The number of hydrogen-bond donors (Lipinski definition) is 3. The Hall–Kier alpha value is -3.25. The molecule has 28 heavy (non-hydrogen) atoms. The van der Waals surface area contributed by atoms with E-state index in [0.29, 0.717) is 17.3 Å². The van der Waals surface area contributed by atoms with Crippen LogP contribution in [0.15, 0.2) is 71.3 Å². The Balaban J connectivity index is 1.47. The highest BCUT2D eigenvalue weighted by Gasteiger charge is 2.10. The van der Waals surface area contributed by atoms with Crippen LogP contribution in [0.4, 0.5) is 10.5 Å². The lowest BCUT2D eigenvalue weighted by Gasteiger charge is -2.15. The van der Waals surface area contributed by atoms with E-state index in [-0.39, 0.29) is 23.7 Å². The summed E-state index contributed by atoms with van der Waals surface area (Å²) in [5.74, 6) is -0.0681. The summed E-state index contributed by atoms with van der Waals surface area (Å²) in [6.07, 6.45) is 1.45. The van der Waals surface area contributed by atoms with Gasteiger partial charge in [0.25, 0.3) is 5.91 Å². The van der Waals surface area contributed by atoms with E-state index in [2.05, 4.69) is 16.0 Å². The third kappa shape index (κ3) is 5.37. The van der Waals surface area contributed by atoms with E-state index < -0.39 is 0 Å². The summed E-state index contributed by atoms with van der Waals surface area (Å²) in [4.78, 5) is 24.0. The zero-order chi connectivity index (χ0) is 19.9. The van der Waals surface area contributed by atoms with E-state index in [1.165, 1.54) is 6.26 Å². The predicted molar refractivity (Wildman–Crippen MR) is 108 cm³/mol. The Morgan fingerprint density at radius 1 is 1.07 bits per heavy atom. The minimum absolute atomic E-state index is 0.169. The average molecular weight is 398 g/mol. The maximum atomic E-state index is 12.1. The molecule has 1 atom stereocenters. The van der Waals surface area contributed by atoms with Crippen LogP contribution in [0.1, 0.15) is 34.6 Å². The van der Waals surface area contributed by atoms with Crippen LogP contribution in [-0.4, -0.2) is 11.9 Å². The van der Waals surface area contributed by atoms with Gasteiger partial charge in [-0.1, -0.05) is 35.9 Å². The van der Waals surface area contributed by atoms with Crippen molar-refractivity contribution in [1.82, 2.24) is 10.6 Å². The Morgan fingerprint density at radius 2 is 1.86 bits per heavy atom. The number of amides is 3. The third-order valence-electron chi connectivity index (χ3n) is 4.11. The highest BCUT2D eigenvalue weighted by Crippen LogP contribution is 2.17. The number of carbonyl (C=O) groups excluding carboxylic acids is 2. The number of urea groups is 1. The van der Waals surface area contributed by atoms with E-state index in [9.17, 15) is 9.59 Å². The molecule has 0 radical (unpaired) electrons. The first-order valence-corrected chi connectivity index (χ1v) is 9.12. The minimum atomic E-state index is -0.315. The lowest BCUT2D eigenvalue weighted by molar-refractivity contribution is 0.0996. The summed E-state index contributed by atoms with van der Waals surface area (Å²) in [6, 6.07) is 17.4. The smallest absolute Gasteiger partial charge is 0.315 e. The van der Waals surface area contributed by atoms with Crippen LogP contribution in [0, 0.1) is 0 Å². The molecule has 0 unspecified atom stereocenters. The van der Waals surface area contributed by atoms with Crippen molar-refractivity contribution in [1.29, 1.82) is 0 Å². The summed E-state index contributed by atoms with van der Waals surface area (Å²) in [5, 5.41) is 9.05.